The summed E-state index contributed by atoms with van der Waals surface area (Å²) in [5.74, 6) is 0.130. The van der Waals surface area contributed by atoms with E-state index in [2.05, 4.69) is 47.7 Å². The van der Waals surface area contributed by atoms with E-state index in [-0.39, 0.29) is 6.61 Å². The Morgan fingerprint density at radius 2 is 1.97 bits per heavy atom. The first-order chi connectivity index (χ1) is 14.6. The standard InChI is InChI=1S/C24H28N4O2/c1-3-27(4-2)12-13-28-24-20-11-6-5-8-17(20)15-21(24)23(26-28)18-9-7-10-19(14-18)30-16-22(25)29/h5-11,14H,3-4,12-13,15-16H2,1-2H3,(H2,25,29). The molecule has 6 heteroatoms. The number of primary amides is 1. The Morgan fingerprint density at radius 1 is 1.17 bits per heavy atom. The van der Waals surface area contributed by atoms with Crippen LogP contribution < -0.4 is 10.5 Å². The monoisotopic (exact) mass is 404 g/mol. The SMILES string of the molecule is CCN(CC)CCn1nc(-c2cccc(OCC(N)=O)c2)c2c1-c1ccccc1C2. The van der Waals surface area contributed by atoms with Crippen molar-refractivity contribution in [2.45, 2.75) is 26.8 Å². The number of rotatable bonds is 9. The molecule has 1 heterocycles. The van der Waals surface area contributed by atoms with Crippen LogP contribution in [0.15, 0.2) is 48.5 Å². The minimum absolute atomic E-state index is 0.134. The summed E-state index contributed by atoms with van der Waals surface area (Å²) in [5.41, 5.74) is 12.3. The average Bonchev–Trinajstić information content (AvgIpc) is 3.31. The lowest BCUT2D eigenvalue weighted by atomic mass is 10.1. The number of likely N-dealkylation sites (N-methyl/N-ethyl adjacent to an activating group) is 1. The lowest BCUT2D eigenvalue weighted by Gasteiger charge is -2.18. The van der Waals surface area contributed by atoms with E-state index in [0.29, 0.717) is 5.75 Å². The number of hydrogen-bond acceptors (Lipinski definition) is 4. The minimum Gasteiger partial charge on any atom is -0.484 e. The van der Waals surface area contributed by atoms with Crippen LogP contribution in [0, 0.1) is 0 Å². The predicted octanol–water partition coefficient (Wildman–Crippen LogP) is 3.33. The summed E-state index contributed by atoms with van der Waals surface area (Å²) in [5, 5.41) is 5.02. The van der Waals surface area contributed by atoms with Crippen LogP contribution in [0.3, 0.4) is 0 Å². The molecule has 0 aliphatic heterocycles. The van der Waals surface area contributed by atoms with Crippen LogP contribution in [0.2, 0.25) is 0 Å². The first-order valence-electron chi connectivity index (χ1n) is 10.5. The van der Waals surface area contributed by atoms with Crippen molar-refractivity contribution in [3.63, 3.8) is 0 Å². The maximum absolute atomic E-state index is 11.1. The first kappa shape index (κ1) is 20.2. The Kier molecular flexibility index (Phi) is 5.86. The van der Waals surface area contributed by atoms with Crippen molar-refractivity contribution in [3.8, 4) is 28.3 Å². The van der Waals surface area contributed by atoms with Gasteiger partial charge < -0.3 is 15.4 Å². The Morgan fingerprint density at radius 3 is 2.73 bits per heavy atom. The smallest absolute Gasteiger partial charge is 0.255 e. The number of amides is 1. The van der Waals surface area contributed by atoms with Crippen LogP contribution >= 0.6 is 0 Å². The number of ether oxygens (including phenoxy) is 1. The van der Waals surface area contributed by atoms with Gasteiger partial charge in [-0.25, -0.2) is 0 Å². The number of aromatic nitrogens is 2. The summed E-state index contributed by atoms with van der Waals surface area (Å²) >= 11 is 0. The van der Waals surface area contributed by atoms with Crippen molar-refractivity contribution < 1.29 is 9.53 Å². The van der Waals surface area contributed by atoms with E-state index in [1.54, 1.807) is 0 Å². The van der Waals surface area contributed by atoms with E-state index >= 15 is 0 Å². The highest BCUT2D eigenvalue weighted by Gasteiger charge is 2.28. The number of nitrogens with zero attached hydrogens (tertiary/aromatic N) is 3. The van der Waals surface area contributed by atoms with Crippen molar-refractivity contribution in [2.24, 2.45) is 5.73 Å². The Balaban J connectivity index is 1.72. The van der Waals surface area contributed by atoms with Crippen LogP contribution in [-0.4, -0.2) is 46.8 Å². The lowest BCUT2D eigenvalue weighted by molar-refractivity contribution is -0.119. The van der Waals surface area contributed by atoms with E-state index in [1.807, 2.05) is 24.3 Å². The van der Waals surface area contributed by atoms with E-state index in [1.165, 1.54) is 22.4 Å². The van der Waals surface area contributed by atoms with Crippen LogP contribution in [0.25, 0.3) is 22.5 Å². The summed E-state index contributed by atoms with van der Waals surface area (Å²) in [7, 11) is 0. The number of hydrogen-bond donors (Lipinski definition) is 1. The van der Waals surface area contributed by atoms with Gasteiger partial charge in [-0.05, 0) is 30.8 Å². The second-order valence-electron chi connectivity index (χ2n) is 7.54. The zero-order valence-electron chi connectivity index (χ0n) is 17.6. The van der Waals surface area contributed by atoms with Gasteiger partial charge in [0.05, 0.1) is 17.9 Å². The molecule has 0 radical (unpaired) electrons. The van der Waals surface area contributed by atoms with Gasteiger partial charge in [-0.15, -0.1) is 0 Å². The average molecular weight is 405 g/mol. The molecule has 6 nitrogen and oxygen atoms in total. The Hall–Kier alpha value is -3.12. The molecule has 0 spiro atoms. The summed E-state index contributed by atoms with van der Waals surface area (Å²) in [4.78, 5) is 13.5. The number of benzene rings is 2. The van der Waals surface area contributed by atoms with E-state index in [9.17, 15) is 4.79 Å². The van der Waals surface area contributed by atoms with Gasteiger partial charge in [0, 0.05) is 29.7 Å². The number of carbonyl (C=O) groups excluding carboxylic acids is 1. The third-order valence-electron chi connectivity index (χ3n) is 5.70. The van der Waals surface area contributed by atoms with Gasteiger partial charge in [-0.1, -0.05) is 50.2 Å². The summed E-state index contributed by atoms with van der Waals surface area (Å²) < 4.78 is 7.67. The number of nitrogens with two attached hydrogens (primary N) is 1. The van der Waals surface area contributed by atoms with E-state index < -0.39 is 5.91 Å². The van der Waals surface area contributed by atoms with Crippen molar-refractivity contribution in [2.75, 3.05) is 26.2 Å². The normalized spacial score (nSPS) is 12.1. The molecule has 4 rings (SSSR count). The molecular weight excluding hydrogens is 376 g/mol. The molecule has 1 amide bonds. The molecule has 0 fully saturated rings. The zero-order valence-corrected chi connectivity index (χ0v) is 17.6. The first-order valence-corrected chi connectivity index (χ1v) is 10.5. The molecule has 1 aliphatic carbocycles. The molecule has 2 aromatic carbocycles. The highest BCUT2D eigenvalue weighted by molar-refractivity contribution is 5.82. The molecule has 30 heavy (non-hydrogen) atoms. The largest absolute Gasteiger partial charge is 0.484 e. The third kappa shape index (κ3) is 3.96. The van der Waals surface area contributed by atoms with Crippen LogP contribution in [0.1, 0.15) is 25.0 Å². The van der Waals surface area contributed by atoms with E-state index in [4.69, 9.17) is 15.6 Å². The summed E-state index contributed by atoms with van der Waals surface area (Å²) in [6, 6.07) is 16.3. The molecule has 0 atom stereocenters. The highest BCUT2D eigenvalue weighted by atomic mass is 16.5. The number of fused-ring (bicyclic) bond motifs is 3. The van der Waals surface area contributed by atoms with Gasteiger partial charge >= 0.3 is 0 Å². The van der Waals surface area contributed by atoms with Gasteiger partial charge in [0.25, 0.3) is 5.91 Å². The minimum atomic E-state index is -0.488. The Labute approximate surface area is 177 Å². The van der Waals surface area contributed by atoms with Crippen LogP contribution in [0.4, 0.5) is 0 Å². The molecule has 1 aromatic heterocycles. The zero-order chi connectivity index (χ0) is 21.1. The fourth-order valence-corrected chi connectivity index (χ4v) is 4.12. The second-order valence-corrected chi connectivity index (χ2v) is 7.54. The van der Waals surface area contributed by atoms with E-state index in [0.717, 1.165) is 43.9 Å². The molecule has 0 saturated carbocycles. The molecular formula is C24H28N4O2. The number of carbonyl (C=O) groups is 1. The molecule has 0 bridgehead atoms. The van der Waals surface area contributed by atoms with Crippen LogP contribution in [-0.2, 0) is 17.8 Å². The lowest BCUT2D eigenvalue weighted by Crippen LogP contribution is -2.27. The van der Waals surface area contributed by atoms with Crippen molar-refractivity contribution >= 4 is 5.91 Å². The van der Waals surface area contributed by atoms with Crippen molar-refractivity contribution in [1.82, 2.24) is 14.7 Å². The van der Waals surface area contributed by atoms with Gasteiger partial charge in [0.1, 0.15) is 5.75 Å². The maximum atomic E-state index is 11.1. The second kappa shape index (κ2) is 8.71. The molecule has 0 unspecified atom stereocenters. The van der Waals surface area contributed by atoms with Crippen molar-refractivity contribution in [3.05, 3.63) is 59.7 Å². The molecule has 1 aliphatic rings. The topological polar surface area (TPSA) is 73.4 Å². The van der Waals surface area contributed by atoms with Gasteiger partial charge in [-0.2, -0.15) is 5.10 Å². The van der Waals surface area contributed by atoms with Gasteiger partial charge in [0.15, 0.2) is 6.61 Å². The Bertz CT molecular complexity index is 1050. The third-order valence-corrected chi connectivity index (χ3v) is 5.70. The predicted molar refractivity (Wildman–Crippen MR) is 118 cm³/mol. The summed E-state index contributed by atoms with van der Waals surface area (Å²) in [6.45, 7) is 8.11. The fourth-order valence-electron chi connectivity index (χ4n) is 4.12. The molecule has 0 saturated heterocycles. The summed E-state index contributed by atoms with van der Waals surface area (Å²) in [6.07, 6.45) is 0.873. The molecule has 3 aromatic rings. The van der Waals surface area contributed by atoms with Gasteiger partial charge in [-0.3, -0.25) is 9.48 Å². The molecule has 2 N–H and O–H groups in total. The fraction of sp³-hybridized carbons (Fsp3) is 0.333. The molecule has 156 valence electrons. The maximum Gasteiger partial charge on any atom is 0.255 e. The van der Waals surface area contributed by atoms with Crippen molar-refractivity contribution in [1.29, 1.82) is 0 Å². The van der Waals surface area contributed by atoms with Gasteiger partial charge in [0.2, 0.25) is 0 Å². The highest BCUT2D eigenvalue weighted by Crippen LogP contribution is 2.42. The quantitative estimate of drug-likeness (QED) is 0.464. The van der Waals surface area contributed by atoms with Crippen LogP contribution in [0.5, 0.6) is 5.75 Å².